The number of guanidine groups is 1. The lowest BCUT2D eigenvalue weighted by atomic mass is 10.3. The first kappa shape index (κ1) is 12.8. The van der Waals surface area contributed by atoms with Crippen LogP contribution >= 0.6 is 15.9 Å². The lowest BCUT2D eigenvalue weighted by Gasteiger charge is -2.08. The van der Waals surface area contributed by atoms with Gasteiger partial charge in [-0.1, -0.05) is 6.92 Å². The first-order chi connectivity index (χ1) is 7.67. The Balaban J connectivity index is 2.74. The highest BCUT2D eigenvalue weighted by molar-refractivity contribution is 9.10. The molecule has 0 unspecified atom stereocenters. The summed E-state index contributed by atoms with van der Waals surface area (Å²) in [7, 11) is 1.62. The monoisotopic (exact) mass is 285 g/mol. The second-order valence-corrected chi connectivity index (χ2v) is 4.10. The van der Waals surface area contributed by atoms with Crippen LogP contribution in [0.1, 0.15) is 13.3 Å². The van der Waals surface area contributed by atoms with Crippen molar-refractivity contribution in [3.8, 4) is 5.75 Å². The van der Waals surface area contributed by atoms with E-state index < -0.39 is 0 Å². The standard InChI is InChI=1S/C11H16BrN3O/c1-3-6-14-11(13)15-8-4-5-9(12)10(7-8)16-2/h4-5,7H,3,6H2,1-2H3,(H3,13,14,15). The van der Waals surface area contributed by atoms with Crippen molar-refractivity contribution < 1.29 is 4.74 Å². The van der Waals surface area contributed by atoms with Crippen LogP contribution in [0.25, 0.3) is 0 Å². The van der Waals surface area contributed by atoms with Crippen LogP contribution in [-0.2, 0) is 0 Å². The second-order valence-electron chi connectivity index (χ2n) is 3.24. The fourth-order valence-electron chi connectivity index (χ4n) is 1.16. The topological polar surface area (TPSA) is 59.6 Å². The molecule has 16 heavy (non-hydrogen) atoms. The summed E-state index contributed by atoms with van der Waals surface area (Å²) in [6.07, 6.45) is 0.978. The summed E-state index contributed by atoms with van der Waals surface area (Å²) < 4.78 is 6.09. The Morgan fingerprint density at radius 1 is 1.56 bits per heavy atom. The van der Waals surface area contributed by atoms with Gasteiger partial charge >= 0.3 is 0 Å². The number of nitrogens with two attached hydrogens (primary N) is 1. The molecule has 0 aliphatic carbocycles. The van der Waals surface area contributed by atoms with Gasteiger partial charge in [0.1, 0.15) is 5.75 Å². The van der Waals surface area contributed by atoms with E-state index in [0.29, 0.717) is 5.96 Å². The predicted molar refractivity (Wildman–Crippen MR) is 71.1 cm³/mol. The molecular formula is C11H16BrN3O. The van der Waals surface area contributed by atoms with Gasteiger partial charge in [-0.25, -0.2) is 0 Å². The molecule has 0 fully saturated rings. The number of methoxy groups -OCH3 is 1. The highest BCUT2D eigenvalue weighted by Crippen LogP contribution is 2.27. The molecule has 5 heteroatoms. The van der Waals surface area contributed by atoms with Crippen molar-refractivity contribution in [2.45, 2.75) is 13.3 Å². The van der Waals surface area contributed by atoms with Gasteiger partial charge in [0.25, 0.3) is 0 Å². The van der Waals surface area contributed by atoms with Crippen LogP contribution < -0.4 is 15.8 Å². The summed E-state index contributed by atoms with van der Waals surface area (Å²) in [6.45, 7) is 2.78. The van der Waals surface area contributed by atoms with E-state index in [9.17, 15) is 0 Å². The molecule has 0 atom stereocenters. The summed E-state index contributed by atoms with van der Waals surface area (Å²) in [5, 5.41) is 3.01. The molecule has 0 heterocycles. The van der Waals surface area contributed by atoms with E-state index in [2.05, 4.69) is 33.2 Å². The molecule has 4 nitrogen and oxygen atoms in total. The molecule has 1 rings (SSSR count). The van der Waals surface area contributed by atoms with Crippen molar-refractivity contribution in [2.75, 3.05) is 19.0 Å². The Morgan fingerprint density at radius 2 is 2.31 bits per heavy atom. The molecule has 88 valence electrons. The van der Waals surface area contributed by atoms with Crippen molar-refractivity contribution in [2.24, 2.45) is 10.7 Å². The summed E-state index contributed by atoms with van der Waals surface area (Å²) >= 11 is 3.38. The van der Waals surface area contributed by atoms with Crippen LogP contribution in [0.5, 0.6) is 5.75 Å². The van der Waals surface area contributed by atoms with Gasteiger partial charge in [0, 0.05) is 18.3 Å². The van der Waals surface area contributed by atoms with Crippen molar-refractivity contribution in [3.05, 3.63) is 22.7 Å². The van der Waals surface area contributed by atoms with Crippen LogP contribution in [0, 0.1) is 0 Å². The molecule has 0 spiro atoms. The SMILES string of the molecule is CCCN=C(N)Nc1ccc(Br)c(OC)c1. The minimum Gasteiger partial charge on any atom is -0.495 e. The Kier molecular flexibility index (Phi) is 5.11. The Hall–Kier alpha value is -1.23. The smallest absolute Gasteiger partial charge is 0.193 e. The fraction of sp³-hybridized carbons (Fsp3) is 0.364. The Morgan fingerprint density at radius 3 is 2.94 bits per heavy atom. The number of halogens is 1. The number of hydrogen-bond donors (Lipinski definition) is 2. The van der Waals surface area contributed by atoms with Crippen molar-refractivity contribution in [3.63, 3.8) is 0 Å². The summed E-state index contributed by atoms with van der Waals surface area (Å²) in [6, 6.07) is 5.66. The zero-order valence-electron chi connectivity index (χ0n) is 9.46. The largest absolute Gasteiger partial charge is 0.495 e. The second kappa shape index (κ2) is 6.37. The van der Waals surface area contributed by atoms with Crippen LogP contribution in [0.2, 0.25) is 0 Å². The minimum atomic E-state index is 0.422. The average molecular weight is 286 g/mol. The quantitative estimate of drug-likeness (QED) is 0.660. The van der Waals surface area contributed by atoms with Gasteiger partial charge < -0.3 is 15.8 Å². The zero-order chi connectivity index (χ0) is 12.0. The predicted octanol–water partition coefficient (Wildman–Crippen LogP) is 2.59. The number of aliphatic imine (C=N–C) groups is 1. The third kappa shape index (κ3) is 3.73. The molecule has 0 bridgehead atoms. The Labute approximate surface area is 104 Å². The number of hydrogen-bond acceptors (Lipinski definition) is 2. The summed E-state index contributed by atoms with van der Waals surface area (Å²) in [5.41, 5.74) is 6.57. The van der Waals surface area contributed by atoms with Crippen LogP contribution in [0.3, 0.4) is 0 Å². The van der Waals surface area contributed by atoms with Gasteiger partial charge in [-0.05, 0) is 34.5 Å². The van der Waals surface area contributed by atoms with E-state index in [4.69, 9.17) is 10.5 Å². The molecule has 0 radical (unpaired) electrons. The molecule has 1 aromatic rings. The third-order valence-electron chi connectivity index (χ3n) is 1.93. The molecule has 0 aromatic heterocycles. The number of rotatable bonds is 4. The first-order valence-corrected chi connectivity index (χ1v) is 5.87. The van der Waals surface area contributed by atoms with E-state index >= 15 is 0 Å². The number of anilines is 1. The highest BCUT2D eigenvalue weighted by Gasteiger charge is 2.01. The summed E-state index contributed by atoms with van der Waals surface area (Å²) in [5.74, 6) is 1.18. The first-order valence-electron chi connectivity index (χ1n) is 5.08. The molecular weight excluding hydrogens is 270 g/mol. The van der Waals surface area contributed by atoms with Gasteiger partial charge in [-0.2, -0.15) is 0 Å². The molecule has 0 aliphatic rings. The van der Waals surface area contributed by atoms with Gasteiger partial charge in [-0.15, -0.1) is 0 Å². The number of nitrogens with one attached hydrogen (secondary N) is 1. The number of nitrogens with zero attached hydrogens (tertiary/aromatic N) is 1. The lowest BCUT2D eigenvalue weighted by Crippen LogP contribution is -2.22. The maximum Gasteiger partial charge on any atom is 0.193 e. The fourth-order valence-corrected chi connectivity index (χ4v) is 1.57. The van der Waals surface area contributed by atoms with Gasteiger partial charge in [-0.3, -0.25) is 4.99 Å². The third-order valence-corrected chi connectivity index (χ3v) is 2.58. The van der Waals surface area contributed by atoms with E-state index in [0.717, 1.165) is 28.9 Å². The van der Waals surface area contributed by atoms with Gasteiger partial charge in [0.2, 0.25) is 0 Å². The lowest BCUT2D eigenvalue weighted by molar-refractivity contribution is 0.412. The van der Waals surface area contributed by atoms with Gasteiger partial charge in [0.05, 0.1) is 11.6 Å². The highest BCUT2D eigenvalue weighted by atomic mass is 79.9. The van der Waals surface area contributed by atoms with E-state index in [1.54, 1.807) is 7.11 Å². The van der Waals surface area contributed by atoms with E-state index in [1.165, 1.54) is 0 Å². The van der Waals surface area contributed by atoms with E-state index in [-0.39, 0.29) is 0 Å². The molecule has 1 aromatic carbocycles. The molecule has 0 saturated heterocycles. The zero-order valence-corrected chi connectivity index (χ0v) is 11.0. The van der Waals surface area contributed by atoms with Gasteiger partial charge in [0.15, 0.2) is 5.96 Å². The molecule has 0 aliphatic heterocycles. The van der Waals surface area contributed by atoms with Crippen molar-refractivity contribution in [1.82, 2.24) is 0 Å². The minimum absolute atomic E-state index is 0.422. The number of benzene rings is 1. The van der Waals surface area contributed by atoms with E-state index in [1.807, 2.05) is 18.2 Å². The van der Waals surface area contributed by atoms with Crippen molar-refractivity contribution in [1.29, 1.82) is 0 Å². The van der Waals surface area contributed by atoms with Crippen LogP contribution in [0.15, 0.2) is 27.7 Å². The Bertz CT molecular complexity index is 379. The normalized spacial score (nSPS) is 11.3. The van der Waals surface area contributed by atoms with Crippen molar-refractivity contribution >= 4 is 27.6 Å². The average Bonchev–Trinajstić information content (AvgIpc) is 2.29. The van der Waals surface area contributed by atoms with Crippen LogP contribution in [-0.4, -0.2) is 19.6 Å². The molecule has 0 saturated carbocycles. The number of ether oxygens (including phenoxy) is 1. The maximum atomic E-state index is 5.71. The van der Waals surface area contributed by atoms with Crippen LogP contribution in [0.4, 0.5) is 5.69 Å². The molecule has 3 N–H and O–H groups in total. The maximum absolute atomic E-state index is 5.71. The molecule has 0 amide bonds. The summed E-state index contributed by atoms with van der Waals surface area (Å²) in [4.78, 5) is 4.15.